The number of Topliss-reactive ketones (excluding diaryl/α,β-unsaturated/α-hetero) is 1. The maximum atomic E-state index is 11.2. The molecule has 0 fully saturated rings. The summed E-state index contributed by atoms with van der Waals surface area (Å²) in [5.74, 6) is 0.196. The minimum atomic E-state index is -0.0420. The van der Waals surface area contributed by atoms with Crippen molar-refractivity contribution in [2.45, 2.75) is 41.5 Å². The Morgan fingerprint density at radius 3 is 2.00 bits per heavy atom. The standard InChI is InChI=1S/C9H11NO2.C9H10O2/c1-5-4-8(10-12)6(2)7(3)9(5)11;1-5-4-8(10)6(2)7(3)9(5)11/h4,11H,1-3H3;4H,1-3H3. The third-order valence-corrected chi connectivity index (χ3v) is 4.11. The summed E-state index contributed by atoms with van der Waals surface area (Å²) in [6, 6.07) is 1.59. The van der Waals surface area contributed by atoms with E-state index >= 15 is 0 Å². The van der Waals surface area contributed by atoms with Crippen molar-refractivity contribution in [1.29, 1.82) is 0 Å². The van der Waals surface area contributed by atoms with Crippen LogP contribution in [0, 0.1) is 25.7 Å². The summed E-state index contributed by atoms with van der Waals surface area (Å²) in [6.45, 7) is 10.3. The lowest BCUT2D eigenvalue weighted by Gasteiger charge is -2.09. The van der Waals surface area contributed by atoms with Gasteiger partial charge in [0.25, 0.3) is 0 Å². The molecule has 23 heavy (non-hydrogen) atoms. The molecule has 0 spiro atoms. The maximum Gasteiger partial charge on any atom is 0.184 e. The summed E-state index contributed by atoms with van der Waals surface area (Å²) in [6.07, 6.45) is 1.39. The molecule has 0 unspecified atom stereocenters. The second-order valence-corrected chi connectivity index (χ2v) is 5.67. The maximum absolute atomic E-state index is 11.2. The van der Waals surface area contributed by atoms with Crippen LogP contribution in [0.3, 0.4) is 0 Å². The van der Waals surface area contributed by atoms with Crippen LogP contribution in [0.25, 0.3) is 0 Å². The van der Waals surface area contributed by atoms with Gasteiger partial charge in [0.1, 0.15) is 11.4 Å². The van der Waals surface area contributed by atoms with E-state index in [0.717, 1.165) is 11.1 Å². The fourth-order valence-electron chi connectivity index (χ4n) is 2.16. The second kappa shape index (κ2) is 7.13. The number of phenolic OH excluding ortho intramolecular Hbond substituents is 1. The molecule has 1 aromatic carbocycles. The zero-order chi connectivity index (χ0) is 17.9. The number of aromatic hydroxyl groups is 1. The van der Waals surface area contributed by atoms with Crippen LogP contribution in [-0.2, 0) is 9.59 Å². The van der Waals surface area contributed by atoms with E-state index in [1.807, 2.05) is 0 Å². The minimum Gasteiger partial charge on any atom is -0.507 e. The molecule has 0 saturated heterocycles. The van der Waals surface area contributed by atoms with Gasteiger partial charge in [-0.25, -0.2) is 0 Å². The largest absolute Gasteiger partial charge is 0.507 e. The van der Waals surface area contributed by atoms with E-state index in [4.69, 9.17) is 0 Å². The molecular weight excluding hydrogens is 294 g/mol. The van der Waals surface area contributed by atoms with Crippen molar-refractivity contribution < 1.29 is 14.7 Å². The molecule has 0 radical (unpaired) electrons. The predicted molar refractivity (Wildman–Crippen MR) is 89.9 cm³/mol. The Morgan fingerprint density at radius 2 is 1.48 bits per heavy atom. The molecule has 1 N–H and O–H groups in total. The molecular formula is C18H21NO4. The van der Waals surface area contributed by atoms with Crippen molar-refractivity contribution in [2.24, 2.45) is 5.18 Å². The number of aryl methyl sites for hydroxylation is 1. The lowest BCUT2D eigenvalue weighted by atomic mass is 9.92. The number of nitroso groups, excluding NO2 is 1. The van der Waals surface area contributed by atoms with Gasteiger partial charge in [0.15, 0.2) is 11.6 Å². The van der Waals surface area contributed by atoms with Crippen LogP contribution in [0.5, 0.6) is 5.75 Å². The highest BCUT2D eigenvalue weighted by molar-refractivity contribution is 6.21. The molecule has 0 saturated carbocycles. The van der Waals surface area contributed by atoms with Gasteiger partial charge in [-0.15, -0.1) is 4.91 Å². The van der Waals surface area contributed by atoms with Crippen molar-refractivity contribution in [3.8, 4) is 5.75 Å². The molecule has 5 nitrogen and oxygen atoms in total. The van der Waals surface area contributed by atoms with E-state index < -0.39 is 0 Å². The summed E-state index contributed by atoms with van der Waals surface area (Å²) in [5, 5.41) is 12.3. The molecule has 1 aromatic rings. The molecule has 1 aliphatic rings. The summed E-state index contributed by atoms with van der Waals surface area (Å²) >= 11 is 0. The van der Waals surface area contributed by atoms with Crippen LogP contribution in [-0.4, -0.2) is 16.7 Å². The summed E-state index contributed by atoms with van der Waals surface area (Å²) in [7, 11) is 0. The molecule has 0 bridgehead atoms. The van der Waals surface area contributed by atoms with E-state index in [0.29, 0.717) is 28.0 Å². The third-order valence-electron chi connectivity index (χ3n) is 4.11. The number of carbonyl (C=O) groups excluding carboxylic acids is 2. The van der Waals surface area contributed by atoms with E-state index in [2.05, 4.69) is 5.18 Å². The fourth-order valence-corrected chi connectivity index (χ4v) is 2.16. The van der Waals surface area contributed by atoms with E-state index in [1.54, 1.807) is 47.6 Å². The minimum absolute atomic E-state index is 0.0119. The van der Waals surface area contributed by atoms with Gasteiger partial charge in [0.2, 0.25) is 0 Å². The number of hydrogen-bond acceptors (Lipinski definition) is 5. The second-order valence-electron chi connectivity index (χ2n) is 5.67. The highest BCUT2D eigenvalue weighted by Gasteiger charge is 2.19. The molecule has 0 atom stereocenters. The number of nitrogens with zero attached hydrogens (tertiary/aromatic N) is 1. The van der Waals surface area contributed by atoms with E-state index in [1.165, 1.54) is 6.08 Å². The number of phenols is 1. The Morgan fingerprint density at radius 1 is 0.913 bits per heavy atom. The molecule has 0 aliphatic heterocycles. The summed E-state index contributed by atoms with van der Waals surface area (Å²) in [5.41, 5.74) is 4.25. The van der Waals surface area contributed by atoms with Gasteiger partial charge >= 0.3 is 0 Å². The first-order chi connectivity index (χ1) is 10.6. The number of allylic oxidation sites excluding steroid dienone is 4. The number of benzene rings is 1. The SMILES string of the molecule is CC1=CC(=O)C(C)=C(C)C1=O.Cc1cc(N=O)c(C)c(C)c1O. The lowest BCUT2D eigenvalue weighted by Crippen LogP contribution is -2.14. The van der Waals surface area contributed by atoms with Crippen molar-refractivity contribution >= 4 is 17.3 Å². The Balaban J connectivity index is 0.000000231. The van der Waals surface area contributed by atoms with Gasteiger partial charge in [-0.05, 0) is 75.6 Å². The summed E-state index contributed by atoms with van der Waals surface area (Å²) in [4.78, 5) is 32.6. The van der Waals surface area contributed by atoms with Gasteiger partial charge in [-0.2, -0.15) is 0 Å². The monoisotopic (exact) mass is 315 g/mol. The van der Waals surface area contributed by atoms with Crippen LogP contribution in [0.4, 0.5) is 5.69 Å². The highest BCUT2D eigenvalue weighted by atomic mass is 16.3. The first-order valence-corrected chi connectivity index (χ1v) is 7.19. The number of hydrogen-bond donors (Lipinski definition) is 1. The highest BCUT2D eigenvalue weighted by Crippen LogP contribution is 2.31. The molecule has 1 aliphatic carbocycles. The quantitative estimate of drug-likeness (QED) is 0.623. The van der Waals surface area contributed by atoms with Crippen molar-refractivity contribution in [2.75, 3.05) is 0 Å². The lowest BCUT2D eigenvalue weighted by molar-refractivity contribution is -0.115. The molecule has 0 heterocycles. The van der Waals surface area contributed by atoms with Gasteiger partial charge < -0.3 is 5.11 Å². The van der Waals surface area contributed by atoms with Gasteiger partial charge in [-0.1, -0.05) is 0 Å². The Bertz CT molecular complexity index is 755. The van der Waals surface area contributed by atoms with Crippen LogP contribution >= 0.6 is 0 Å². The Labute approximate surface area is 135 Å². The van der Waals surface area contributed by atoms with Crippen LogP contribution in [0.2, 0.25) is 0 Å². The molecule has 0 aromatic heterocycles. The zero-order valence-corrected chi connectivity index (χ0v) is 14.3. The van der Waals surface area contributed by atoms with Crippen LogP contribution in [0.1, 0.15) is 37.5 Å². The van der Waals surface area contributed by atoms with Crippen molar-refractivity contribution in [3.63, 3.8) is 0 Å². The number of ketones is 2. The smallest absolute Gasteiger partial charge is 0.184 e. The summed E-state index contributed by atoms with van der Waals surface area (Å²) < 4.78 is 0. The number of carbonyl (C=O) groups is 2. The van der Waals surface area contributed by atoms with E-state index in [9.17, 15) is 19.6 Å². The first-order valence-electron chi connectivity index (χ1n) is 7.19. The zero-order valence-electron chi connectivity index (χ0n) is 14.3. The molecule has 122 valence electrons. The van der Waals surface area contributed by atoms with Gasteiger partial charge in [0.05, 0.1) is 0 Å². The Kier molecular flexibility index (Phi) is 5.73. The normalized spacial score (nSPS) is 14.3. The van der Waals surface area contributed by atoms with Crippen LogP contribution in [0.15, 0.2) is 34.0 Å². The van der Waals surface area contributed by atoms with Crippen molar-refractivity contribution in [3.05, 3.63) is 50.5 Å². The van der Waals surface area contributed by atoms with Crippen LogP contribution < -0.4 is 0 Å². The Hall–Kier alpha value is -2.56. The molecule has 2 rings (SSSR count). The average Bonchev–Trinajstić information content (AvgIpc) is 2.53. The number of rotatable bonds is 1. The average molecular weight is 315 g/mol. The predicted octanol–water partition coefficient (Wildman–Crippen LogP) is 4.14. The third kappa shape index (κ3) is 3.80. The molecule has 0 amide bonds. The first kappa shape index (κ1) is 18.5. The van der Waals surface area contributed by atoms with Gasteiger partial charge in [0, 0.05) is 16.7 Å². The van der Waals surface area contributed by atoms with Gasteiger partial charge in [-0.3, -0.25) is 9.59 Å². The fraction of sp³-hybridized carbons (Fsp3) is 0.333. The van der Waals surface area contributed by atoms with Crippen molar-refractivity contribution in [1.82, 2.24) is 0 Å². The topological polar surface area (TPSA) is 83.8 Å². The van der Waals surface area contributed by atoms with E-state index in [-0.39, 0.29) is 17.3 Å². The molecule has 5 heteroatoms.